The number of aliphatic hydroxyl groups excluding tert-OH is 1. The Labute approximate surface area is 128 Å². The lowest BCUT2D eigenvalue weighted by molar-refractivity contribution is 0.178. The summed E-state index contributed by atoms with van der Waals surface area (Å²) >= 11 is 4.23. The smallest absolute Gasteiger partial charge is 0.0635 e. The molecule has 3 heteroatoms. The molecular weight excluding hydrogens is 272 g/mol. The highest BCUT2D eigenvalue weighted by molar-refractivity contribution is 8.18. The van der Waals surface area contributed by atoms with E-state index in [2.05, 4.69) is 30.4 Å². The lowest BCUT2D eigenvalue weighted by Gasteiger charge is -2.37. The van der Waals surface area contributed by atoms with Crippen LogP contribution in [0.5, 0.6) is 0 Å². The van der Waals surface area contributed by atoms with Gasteiger partial charge in [-0.1, -0.05) is 51.9 Å². The second-order valence-corrected chi connectivity index (χ2v) is 9.10. The molecule has 0 aromatic carbocycles. The van der Waals surface area contributed by atoms with E-state index in [-0.39, 0.29) is 6.10 Å². The van der Waals surface area contributed by atoms with Gasteiger partial charge in [0.05, 0.1) is 10.2 Å². The van der Waals surface area contributed by atoms with Gasteiger partial charge < -0.3 is 5.11 Å². The molecule has 0 unspecified atom stereocenters. The van der Waals surface area contributed by atoms with Crippen LogP contribution in [0.1, 0.15) is 78.1 Å². The maximum atomic E-state index is 9.74. The van der Waals surface area contributed by atoms with Gasteiger partial charge in [0, 0.05) is 0 Å². The Kier molecular flexibility index (Phi) is 9.69. The number of hydrogen-bond donors (Lipinski definition) is 1. The zero-order chi connectivity index (χ0) is 14.0. The summed E-state index contributed by atoms with van der Waals surface area (Å²) in [6, 6.07) is 0. The van der Waals surface area contributed by atoms with E-state index in [0.29, 0.717) is 4.08 Å². The molecule has 114 valence electrons. The van der Waals surface area contributed by atoms with Gasteiger partial charge in [0.15, 0.2) is 0 Å². The number of aliphatic hydroxyl groups is 1. The molecule has 1 rings (SSSR count). The highest BCUT2D eigenvalue weighted by atomic mass is 32.2. The number of rotatable bonds is 10. The first-order valence-electron chi connectivity index (χ1n) is 8.14. The van der Waals surface area contributed by atoms with Crippen LogP contribution < -0.4 is 0 Å². The summed E-state index contributed by atoms with van der Waals surface area (Å²) in [5, 5.41) is 9.74. The molecule has 1 nitrogen and oxygen atoms in total. The molecule has 1 heterocycles. The summed E-state index contributed by atoms with van der Waals surface area (Å²) in [6.07, 6.45) is 13.2. The van der Waals surface area contributed by atoms with Gasteiger partial charge in [0.1, 0.15) is 0 Å². The van der Waals surface area contributed by atoms with Gasteiger partial charge in [0.2, 0.25) is 0 Å². The quantitative estimate of drug-likeness (QED) is 0.541. The minimum Gasteiger partial charge on any atom is -0.393 e. The van der Waals surface area contributed by atoms with Crippen molar-refractivity contribution in [2.24, 2.45) is 0 Å². The van der Waals surface area contributed by atoms with Crippen LogP contribution >= 0.6 is 23.5 Å². The first-order valence-corrected chi connectivity index (χ1v) is 10.1. The number of thioether (sulfide) groups is 2. The highest BCUT2D eigenvalue weighted by Gasteiger charge is 2.34. The topological polar surface area (TPSA) is 20.2 Å². The molecule has 1 N–H and O–H groups in total. The van der Waals surface area contributed by atoms with Crippen LogP contribution in [0.25, 0.3) is 0 Å². The Morgan fingerprint density at radius 3 is 2.16 bits per heavy atom. The molecule has 1 atom stereocenters. The van der Waals surface area contributed by atoms with Crippen molar-refractivity contribution in [2.75, 3.05) is 11.5 Å². The van der Waals surface area contributed by atoms with Crippen molar-refractivity contribution in [3.05, 3.63) is 0 Å². The second-order valence-electron chi connectivity index (χ2n) is 5.89. The Morgan fingerprint density at radius 1 is 1.00 bits per heavy atom. The molecule has 0 radical (unpaired) electrons. The summed E-state index contributed by atoms with van der Waals surface area (Å²) in [4.78, 5) is 0. The molecule has 0 saturated carbocycles. The standard InChI is InChI=1S/C16H32OS2/c1-3-4-5-6-7-8-9-11-16(14-15(2)17)18-12-10-13-19-16/h15,17H,3-14H2,1-2H3/t15-/m0/s1. The molecule has 19 heavy (non-hydrogen) atoms. The Morgan fingerprint density at radius 2 is 1.58 bits per heavy atom. The molecule has 1 saturated heterocycles. The summed E-state index contributed by atoms with van der Waals surface area (Å²) < 4.78 is 0.329. The van der Waals surface area contributed by atoms with Gasteiger partial charge in [-0.05, 0) is 37.7 Å². The van der Waals surface area contributed by atoms with Crippen LogP contribution in [0, 0.1) is 0 Å². The van der Waals surface area contributed by atoms with E-state index < -0.39 is 0 Å². The summed E-state index contributed by atoms with van der Waals surface area (Å²) in [6.45, 7) is 4.22. The zero-order valence-corrected chi connectivity index (χ0v) is 14.5. The van der Waals surface area contributed by atoms with Gasteiger partial charge in [-0.3, -0.25) is 0 Å². The first-order chi connectivity index (χ1) is 9.18. The van der Waals surface area contributed by atoms with Crippen LogP contribution in [0.2, 0.25) is 0 Å². The molecular formula is C16H32OS2. The van der Waals surface area contributed by atoms with E-state index >= 15 is 0 Å². The van der Waals surface area contributed by atoms with Gasteiger partial charge in [-0.15, -0.1) is 23.5 Å². The summed E-state index contributed by atoms with van der Waals surface area (Å²) in [5.74, 6) is 2.58. The van der Waals surface area contributed by atoms with Crippen LogP contribution in [0.4, 0.5) is 0 Å². The highest BCUT2D eigenvalue weighted by Crippen LogP contribution is 2.48. The predicted octanol–water partition coefficient (Wildman–Crippen LogP) is 5.46. The molecule has 1 fully saturated rings. The number of hydrogen-bond acceptors (Lipinski definition) is 3. The zero-order valence-electron chi connectivity index (χ0n) is 12.8. The molecule has 0 aromatic heterocycles. The Bertz CT molecular complexity index is 213. The van der Waals surface area contributed by atoms with Crippen molar-refractivity contribution in [2.45, 2.75) is 88.2 Å². The third-order valence-electron chi connectivity index (χ3n) is 3.79. The second kappa shape index (κ2) is 10.4. The molecule has 0 spiro atoms. The minimum atomic E-state index is -0.150. The van der Waals surface area contributed by atoms with Crippen molar-refractivity contribution in [3.63, 3.8) is 0 Å². The lowest BCUT2D eigenvalue weighted by atomic mass is 10.0. The van der Waals surface area contributed by atoms with E-state index in [0.717, 1.165) is 6.42 Å². The fourth-order valence-corrected chi connectivity index (χ4v) is 6.42. The lowest BCUT2D eigenvalue weighted by Crippen LogP contribution is -2.29. The Hall–Kier alpha value is 0.660. The molecule has 0 bridgehead atoms. The van der Waals surface area contributed by atoms with E-state index in [1.54, 1.807) is 0 Å². The van der Waals surface area contributed by atoms with Crippen molar-refractivity contribution in [1.29, 1.82) is 0 Å². The van der Waals surface area contributed by atoms with Gasteiger partial charge in [-0.25, -0.2) is 0 Å². The Balaban J connectivity index is 2.18. The monoisotopic (exact) mass is 304 g/mol. The van der Waals surface area contributed by atoms with Gasteiger partial charge in [-0.2, -0.15) is 0 Å². The number of unbranched alkanes of at least 4 members (excludes halogenated alkanes) is 6. The van der Waals surface area contributed by atoms with Crippen molar-refractivity contribution in [3.8, 4) is 0 Å². The fourth-order valence-electron chi connectivity index (χ4n) is 2.78. The van der Waals surface area contributed by atoms with E-state index in [1.165, 1.54) is 69.3 Å². The normalized spacial score (nSPS) is 20.4. The first kappa shape index (κ1) is 17.7. The van der Waals surface area contributed by atoms with Crippen molar-refractivity contribution < 1.29 is 5.11 Å². The van der Waals surface area contributed by atoms with Crippen LogP contribution in [-0.2, 0) is 0 Å². The molecule has 0 aliphatic carbocycles. The van der Waals surface area contributed by atoms with Crippen LogP contribution in [0.15, 0.2) is 0 Å². The van der Waals surface area contributed by atoms with Gasteiger partial charge in [0.25, 0.3) is 0 Å². The van der Waals surface area contributed by atoms with Crippen molar-refractivity contribution in [1.82, 2.24) is 0 Å². The third kappa shape index (κ3) is 7.87. The summed E-state index contributed by atoms with van der Waals surface area (Å²) in [5.41, 5.74) is 0. The summed E-state index contributed by atoms with van der Waals surface area (Å²) in [7, 11) is 0. The maximum absolute atomic E-state index is 9.74. The predicted molar refractivity (Wildman–Crippen MR) is 91.2 cm³/mol. The van der Waals surface area contributed by atoms with E-state index in [1.807, 2.05) is 6.92 Å². The molecule has 1 aliphatic heterocycles. The van der Waals surface area contributed by atoms with Gasteiger partial charge >= 0.3 is 0 Å². The molecule has 0 amide bonds. The molecule has 1 aliphatic rings. The molecule has 0 aromatic rings. The fraction of sp³-hybridized carbons (Fsp3) is 1.00. The third-order valence-corrected chi connectivity index (χ3v) is 7.27. The average molecular weight is 305 g/mol. The minimum absolute atomic E-state index is 0.150. The largest absolute Gasteiger partial charge is 0.393 e. The average Bonchev–Trinajstić information content (AvgIpc) is 2.38. The van der Waals surface area contributed by atoms with Crippen LogP contribution in [0.3, 0.4) is 0 Å². The maximum Gasteiger partial charge on any atom is 0.0635 e. The SMILES string of the molecule is CCCCCCCCCC1(C[C@H](C)O)SCCCS1. The van der Waals surface area contributed by atoms with Crippen LogP contribution in [-0.4, -0.2) is 26.8 Å². The van der Waals surface area contributed by atoms with Crippen molar-refractivity contribution >= 4 is 23.5 Å². The van der Waals surface area contributed by atoms with E-state index in [9.17, 15) is 5.11 Å². The van der Waals surface area contributed by atoms with E-state index in [4.69, 9.17) is 0 Å².